The van der Waals surface area contributed by atoms with E-state index in [1.807, 2.05) is 13.0 Å². The zero-order valence-corrected chi connectivity index (χ0v) is 27.2. The minimum Gasteiger partial charge on any atom is -0.493 e. The first kappa shape index (κ1) is 32.7. The number of pyridine rings is 1. The third-order valence-corrected chi connectivity index (χ3v) is 10.5. The number of carbonyl (C=O) groups excluding carboxylic acids is 1. The van der Waals surface area contributed by atoms with Crippen molar-refractivity contribution in [3.8, 4) is 17.2 Å². The number of methoxy groups -OCH3 is 3. The maximum Gasteiger partial charge on any atom is 0.243 e. The van der Waals surface area contributed by atoms with Gasteiger partial charge in [0.2, 0.25) is 21.7 Å². The minimum absolute atomic E-state index is 0.00986. The highest BCUT2D eigenvalue weighted by atomic mass is 32.2. The summed E-state index contributed by atoms with van der Waals surface area (Å²) in [7, 11) is 0.756. The topological polar surface area (TPSA) is 114 Å². The van der Waals surface area contributed by atoms with Crippen LogP contribution in [0.3, 0.4) is 0 Å². The lowest BCUT2D eigenvalue weighted by Gasteiger charge is -2.35. The van der Waals surface area contributed by atoms with Crippen LogP contribution < -0.4 is 24.4 Å². The van der Waals surface area contributed by atoms with Gasteiger partial charge in [0.05, 0.1) is 31.7 Å². The van der Waals surface area contributed by atoms with Crippen molar-refractivity contribution in [3.05, 3.63) is 47.8 Å². The molecule has 1 atom stereocenters. The van der Waals surface area contributed by atoms with Crippen molar-refractivity contribution < 1.29 is 31.8 Å². The molecule has 3 heterocycles. The van der Waals surface area contributed by atoms with E-state index in [0.29, 0.717) is 48.9 Å². The van der Waals surface area contributed by atoms with E-state index >= 15 is 0 Å². The first-order chi connectivity index (χ1) is 21.7. The van der Waals surface area contributed by atoms with Gasteiger partial charge in [-0.3, -0.25) is 9.69 Å². The molecule has 3 aromatic rings. The van der Waals surface area contributed by atoms with Crippen LogP contribution in [0.15, 0.2) is 41.3 Å². The van der Waals surface area contributed by atoms with Gasteiger partial charge in [0.25, 0.3) is 0 Å². The summed E-state index contributed by atoms with van der Waals surface area (Å²) in [6, 6.07) is 8.71. The Morgan fingerprint density at radius 3 is 2.44 bits per heavy atom. The number of nitrogens with zero attached hydrogens (tertiary/aromatic N) is 4. The lowest BCUT2D eigenvalue weighted by Crippen LogP contribution is -2.42. The van der Waals surface area contributed by atoms with E-state index in [0.717, 1.165) is 54.8 Å². The summed E-state index contributed by atoms with van der Waals surface area (Å²) in [5.74, 6) is 1.85. The number of piperidine rings is 1. The zero-order chi connectivity index (χ0) is 32.1. The highest BCUT2D eigenvalue weighted by Gasteiger charge is 2.29. The Hall–Kier alpha value is -3.68. The van der Waals surface area contributed by atoms with Gasteiger partial charge in [-0.05, 0) is 55.6 Å². The molecule has 0 radical (unpaired) electrons. The molecule has 1 fully saturated rings. The maximum absolute atomic E-state index is 13.7. The number of sulfonamides is 1. The Labute approximate surface area is 264 Å². The van der Waals surface area contributed by atoms with Crippen molar-refractivity contribution in [3.63, 3.8) is 0 Å². The average molecular weight is 644 g/mol. The molecule has 1 amide bonds. The molecule has 2 aromatic carbocycles. The first-order valence-corrected chi connectivity index (χ1v) is 16.7. The molecule has 1 N–H and O–H groups in total. The summed E-state index contributed by atoms with van der Waals surface area (Å²) in [5, 5.41) is 3.81. The largest absolute Gasteiger partial charge is 0.493 e. The van der Waals surface area contributed by atoms with E-state index in [-0.39, 0.29) is 36.2 Å². The van der Waals surface area contributed by atoms with Gasteiger partial charge in [0.1, 0.15) is 11.6 Å². The van der Waals surface area contributed by atoms with Crippen molar-refractivity contribution >= 4 is 32.7 Å². The summed E-state index contributed by atoms with van der Waals surface area (Å²) in [6.07, 6.45) is 1.94. The molecule has 1 saturated heterocycles. The van der Waals surface area contributed by atoms with Gasteiger partial charge in [-0.1, -0.05) is 6.92 Å². The Morgan fingerprint density at radius 1 is 1.00 bits per heavy atom. The Bertz CT molecular complexity index is 1620. The predicted octanol–water partition coefficient (Wildman–Crippen LogP) is 3.65. The molecule has 2 aliphatic rings. The number of hydrogen-bond acceptors (Lipinski definition) is 9. The number of halogens is 1. The van der Waals surface area contributed by atoms with Crippen molar-refractivity contribution in [2.24, 2.45) is 5.92 Å². The summed E-state index contributed by atoms with van der Waals surface area (Å²) in [5.41, 5.74) is 1.68. The fourth-order valence-electron chi connectivity index (χ4n) is 6.16. The van der Waals surface area contributed by atoms with E-state index in [4.69, 9.17) is 19.2 Å². The van der Waals surface area contributed by atoms with Crippen LogP contribution in [-0.4, -0.2) is 95.7 Å². The monoisotopic (exact) mass is 643 g/mol. The molecular formula is C32H42FN5O6S. The van der Waals surface area contributed by atoms with Gasteiger partial charge in [-0.2, -0.15) is 4.31 Å². The molecule has 0 aliphatic carbocycles. The van der Waals surface area contributed by atoms with Crippen molar-refractivity contribution in [1.82, 2.24) is 19.5 Å². The minimum atomic E-state index is -3.98. The number of likely N-dealkylation sites (N-methyl/N-ethyl adjacent to an activating group) is 1. The maximum atomic E-state index is 13.7. The Morgan fingerprint density at radius 2 is 1.76 bits per heavy atom. The van der Waals surface area contributed by atoms with Crippen molar-refractivity contribution in [2.75, 3.05) is 72.0 Å². The molecule has 0 spiro atoms. The second-order valence-electron chi connectivity index (χ2n) is 11.4. The third kappa shape index (κ3) is 7.10. The van der Waals surface area contributed by atoms with Crippen molar-refractivity contribution in [1.29, 1.82) is 0 Å². The summed E-state index contributed by atoms with van der Waals surface area (Å²) in [6.45, 7) is 5.80. The van der Waals surface area contributed by atoms with Crippen LogP contribution in [0.1, 0.15) is 31.7 Å². The Kier molecular flexibility index (Phi) is 10.3. The molecule has 1 aromatic heterocycles. The SMILES string of the molecule is CCN1CCN(S(=O)(=O)c2ccc(F)cc2)CCC(=O)NCC2CCCN(C2)c2nc3cc(OC)c(OC)c(OC)c3cc2C1. The summed E-state index contributed by atoms with van der Waals surface area (Å²) >= 11 is 0. The van der Waals surface area contributed by atoms with Crippen LogP contribution in [0.25, 0.3) is 10.9 Å². The number of nitrogens with one attached hydrogen (secondary N) is 1. The van der Waals surface area contributed by atoms with Gasteiger partial charge < -0.3 is 24.4 Å². The molecule has 5 rings (SSSR count). The summed E-state index contributed by atoms with van der Waals surface area (Å²) in [4.78, 5) is 22.5. The van der Waals surface area contributed by atoms with Crippen LogP contribution in [-0.2, 0) is 21.4 Å². The van der Waals surface area contributed by atoms with E-state index in [9.17, 15) is 17.6 Å². The average Bonchev–Trinajstić information content (AvgIpc) is 3.05. The lowest BCUT2D eigenvalue weighted by molar-refractivity contribution is -0.121. The van der Waals surface area contributed by atoms with E-state index < -0.39 is 15.8 Å². The fourth-order valence-corrected chi connectivity index (χ4v) is 7.59. The second kappa shape index (κ2) is 14.2. The standard InChI is InChI=1S/C32H42FN5O6S/c1-5-36-15-16-38(45(40,41)25-10-8-24(33)9-11-25)14-12-29(39)34-19-22-7-6-13-37(20-22)32-23(21-36)17-26-27(35-32)18-28(42-2)31(44-4)30(26)43-3/h8-11,17-18,22H,5-7,12-16,19-21H2,1-4H3,(H,34,39). The van der Waals surface area contributed by atoms with Crippen LogP contribution in [0.5, 0.6) is 17.2 Å². The number of benzene rings is 2. The number of anilines is 1. The van der Waals surface area contributed by atoms with Crippen LogP contribution in [0, 0.1) is 11.7 Å². The normalized spacial score (nSPS) is 19.3. The van der Waals surface area contributed by atoms with Gasteiger partial charge in [-0.15, -0.1) is 0 Å². The molecule has 11 nitrogen and oxygen atoms in total. The van der Waals surface area contributed by atoms with E-state index in [2.05, 4.69) is 21.2 Å². The number of fused-ring (bicyclic) bond motifs is 5. The number of rotatable bonds is 6. The molecular weight excluding hydrogens is 601 g/mol. The van der Waals surface area contributed by atoms with E-state index in [1.165, 1.54) is 16.4 Å². The van der Waals surface area contributed by atoms with E-state index in [1.54, 1.807) is 21.3 Å². The highest BCUT2D eigenvalue weighted by Crippen LogP contribution is 2.44. The molecule has 244 valence electrons. The molecule has 45 heavy (non-hydrogen) atoms. The zero-order valence-electron chi connectivity index (χ0n) is 26.3. The van der Waals surface area contributed by atoms with Gasteiger partial charge in [0, 0.05) is 69.3 Å². The highest BCUT2D eigenvalue weighted by molar-refractivity contribution is 7.89. The predicted molar refractivity (Wildman–Crippen MR) is 170 cm³/mol. The number of amides is 1. The lowest BCUT2D eigenvalue weighted by atomic mass is 9.97. The van der Waals surface area contributed by atoms with Gasteiger partial charge in [-0.25, -0.2) is 17.8 Å². The molecule has 1 unspecified atom stereocenters. The Balaban J connectivity index is 1.57. The quantitative estimate of drug-likeness (QED) is 0.430. The van der Waals surface area contributed by atoms with Gasteiger partial charge >= 0.3 is 0 Å². The number of hydrogen-bond donors (Lipinski definition) is 1. The molecule has 2 bridgehead atoms. The summed E-state index contributed by atoms with van der Waals surface area (Å²) < 4.78 is 59.3. The first-order valence-electron chi connectivity index (χ1n) is 15.3. The van der Waals surface area contributed by atoms with Crippen LogP contribution in [0.2, 0.25) is 0 Å². The molecule has 0 saturated carbocycles. The fraction of sp³-hybridized carbons (Fsp3) is 0.500. The number of aromatic nitrogens is 1. The van der Waals surface area contributed by atoms with Gasteiger partial charge in [0.15, 0.2) is 11.5 Å². The smallest absolute Gasteiger partial charge is 0.243 e. The van der Waals surface area contributed by atoms with Crippen molar-refractivity contribution in [2.45, 2.75) is 37.6 Å². The molecule has 2 aliphatic heterocycles. The van der Waals surface area contributed by atoms with Crippen LogP contribution in [0.4, 0.5) is 10.2 Å². The third-order valence-electron chi connectivity index (χ3n) is 8.63. The second-order valence-corrected chi connectivity index (χ2v) is 13.4. The van der Waals surface area contributed by atoms with Crippen LogP contribution >= 0.6 is 0 Å². The number of ether oxygens (including phenoxy) is 3. The molecule has 13 heteroatoms. The number of carbonyl (C=O) groups is 1.